The van der Waals surface area contributed by atoms with Crippen LogP contribution in [-0.4, -0.2) is 6.04 Å². The van der Waals surface area contributed by atoms with Crippen LogP contribution in [0.3, 0.4) is 0 Å². The summed E-state index contributed by atoms with van der Waals surface area (Å²) in [5, 5.41) is 0.734. The largest absolute Gasteiger partial charge is 0.326 e. The van der Waals surface area contributed by atoms with E-state index < -0.39 is 0 Å². The third-order valence-corrected chi connectivity index (χ3v) is 2.39. The van der Waals surface area contributed by atoms with Gasteiger partial charge in [0.05, 0.1) is 0 Å². The number of halogens is 1. The summed E-state index contributed by atoms with van der Waals surface area (Å²) in [6.07, 6.45) is 0. The minimum Gasteiger partial charge on any atom is -0.326 e. The number of nitrogens with two attached hydrogens (primary N) is 2. The Hall–Kier alpha value is -0.570. The topological polar surface area (TPSA) is 52.0 Å². The van der Waals surface area contributed by atoms with Crippen LogP contribution in [0.1, 0.15) is 24.1 Å². The van der Waals surface area contributed by atoms with Crippen molar-refractivity contribution in [1.82, 2.24) is 0 Å². The van der Waals surface area contributed by atoms with Gasteiger partial charge in [-0.25, -0.2) is 0 Å². The third kappa shape index (κ3) is 2.44. The fourth-order valence-corrected chi connectivity index (χ4v) is 1.52. The van der Waals surface area contributed by atoms with Gasteiger partial charge in [-0.3, -0.25) is 0 Å². The normalized spacial score (nSPS) is 15.5. The molecule has 0 aromatic heterocycles. The van der Waals surface area contributed by atoms with Crippen molar-refractivity contribution in [3.05, 3.63) is 34.3 Å². The van der Waals surface area contributed by atoms with E-state index >= 15 is 0 Å². The fraction of sp³-hybridized carbons (Fsp3) is 0.400. The number of hydrogen-bond acceptors (Lipinski definition) is 2. The van der Waals surface area contributed by atoms with E-state index in [9.17, 15) is 0 Å². The summed E-state index contributed by atoms with van der Waals surface area (Å²) in [7, 11) is 0. The van der Waals surface area contributed by atoms with E-state index in [1.54, 1.807) is 0 Å². The van der Waals surface area contributed by atoms with Gasteiger partial charge in [-0.15, -0.1) is 0 Å². The molecule has 1 aromatic rings. The van der Waals surface area contributed by atoms with Crippen molar-refractivity contribution in [1.29, 1.82) is 0 Å². The van der Waals surface area contributed by atoms with Crippen LogP contribution in [0.2, 0.25) is 5.02 Å². The molecule has 0 spiro atoms. The Labute approximate surface area is 83.9 Å². The van der Waals surface area contributed by atoms with Gasteiger partial charge in [0.25, 0.3) is 0 Å². The zero-order chi connectivity index (χ0) is 10.0. The van der Waals surface area contributed by atoms with E-state index in [0.717, 1.165) is 16.1 Å². The lowest BCUT2D eigenvalue weighted by molar-refractivity contribution is 0.586. The number of benzene rings is 1. The van der Waals surface area contributed by atoms with Gasteiger partial charge in [-0.05, 0) is 37.1 Å². The summed E-state index contributed by atoms with van der Waals surface area (Å²) in [6.45, 7) is 3.89. The Morgan fingerprint density at radius 3 is 2.38 bits per heavy atom. The highest BCUT2D eigenvalue weighted by Gasteiger charge is 2.12. The van der Waals surface area contributed by atoms with Crippen LogP contribution in [-0.2, 0) is 0 Å². The van der Waals surface area contributed by atoms with Gasteiger partial charge in [0.2, 0.25) is 0 Å². The lowest BCUT2D eigenvalue weighted by Gasteiger charge is -2.18. The molecule has 0 amide bonds. The van der Waals surface area contributed by atoms with Crippen molar-refractivity contribution in [3.63, 3.8) is 0 Å². The van der Waals surface area contributed by atoms with Gasteiger partial charge >= 0.3 is 0 Å². The van der Waals surface area contributed by atoms with E-state index in [1.165, 1.54) is 0 Å². The van der Waals surface area contributed by atoms with E-state index in [2.05, 4.69) is 0 Å². The standard InChI is InChI=1S/C10H15ClN2/c1-6-5-8(11)3-4-9(6)10(13)7(2)12/h3-5,7,10H,12-13H2,1-2H3. The average Bonchev–Trinajstić information content (AvgIpc) is 2.03. The average molecular weight is 199 g/mol. The molecule has 13 heavy (non-hydrogen) atoms. The second-order valence-corrected chi connectivity index (χ2v) is 3.82. The Kier molecular flexibility index (Phi) is 3.31. The van der Waals surface area contributed by atoms with Crippen molar-refractivity contribution >= 4 is 11.6 Å². The van der Waals surface area contributed by atoms with Crippen LogP contribution < -0.4 is 11.5 Å². The highest BCUT2D eigenvalue weighted by Crippen LogP contribution is 2.21. The van der Waals surface area contributed by atoms with Crippen molar-refractivity contribution in [2.75, 3.05) is 0 Å². The second kappa shape index (κ2) is 4.09. The molecule has 2 unspecified atom stereocenters. The molecule has 0 saturated heterocycles. The molecule has 0 fully saturated rings. The lowest BCUT2D eigenvalue weighted by Crippen LogP contribution is -2.31. The predicted molar refractivity (Wildman–Crippen MR) is 56.8 cm³/mol. The number of hydrogen-bond donors (Lipinski definition) is 2. The quantitative estimate of drug-likeness (QED) is 0.764. The Bertz CT molecular complexity index is 297. The van der Waals surface area contributed by atoms with Gasteiger partial charge in [0, 0.05) is 17.1 Å². The van der Waals surface area contributed by atoms with Crippen LogP contribution >= 0.6 is 11.6 Å². The second-order valence-electron chi connectivity index (χ2n) is 3.39. The van der Waals surface area contributed by atoms with Crippen LogP contribution in [0.25, 0.3) is 0 Å². The molecule has 1 rings (SSSR count). The summed E-state index contributed by atoms with van der Waals surface area (Å²) >= 11 is 5.83. The Balaban J connectivity index is 3.01. The summed E-state index contributed by atoms with van der Waals surface area (Å²) in [5.74, 6) is 0. The molecule has 2 nitrogen and oxygen atoms in total. The van der Waals surface area contributed by atoms with Crippen LogP contribution in [0, 0.1) is 6.92 Å². The monoisotopic (exact) mass is 198 g/mol. The highest BCUT2D eigenvalue weighted by molar-refractivity contribution is 6.30. The van der Waals surface area contributed by atoms with Crippen molar-refractivity contribution < 1.29 is 0 Å². The van der Waals surface area contributed by atoms with Crippen molar-refractivity contribution in [2.45, 2.75) is 25.9 Å². The third-order valence-electron chi connectivity index (χ3n) is 2.16. The first-order valence-electron chi connectivity index (χ1n) is 4.29. The molecule has 2 atom stereocenters. The van der Waals surface area contributed by atoms with Gasteiger partial charge in [-0.2, -0.15) is 0 Å². The van der Waals surface area contributed by atoms with E-state index in [0.29, 0.717) is 0 Å². The van der Waals surface area contributed by atoms with Gasteiger partial charge in [0.1, 0.15) is 0 Å². The highest BCUT2D eigenvalue weighted by atomic mass is 35.5. The molecular formula is C10H15ClN2. The molecule has 72 valence electrons. The first-order valence-corrected chi connectivity index (χ1v) is 4.67. The number of aryl methyl sites for hydroxylation is 1. The molecule has 0 aliphatic rings. The lowest BCUT2D eigenvalue weighted by atomic mass is 9.98. The molecule has 3 heteroatoms. The maximum Gasteiger partial charge on any atom is 0.0448 e. The zero-order valence-electron chi connectivity index (χ0n) is 7.92. The zero-order valence-corrected chi connectivity index (χ0v) is 8.68. The van der Waals surface area contributed by atoms with Gasteiger partial charge in [0.15, 0.2) is 0 Å². The minimum atomic E-state index is -0.114. The number of rotatable bonds is 2. The predicted octanol–water partition coefficient (Wildman–Crippen LogP) is 2.00. The molecule has 0 aliphatic carbocycles. The molecular weight excluding hydrogens is 184 g/mol. The molecule has 0 heterocycles. The van der Waals surface area contributed by atoms with Crippen molar-refractivity contribution in [3.8, 4) is 0 Å². The summed E-state index contributed by atoms with van der Waals surface area (Å²) in [6, 6.07) is 5.52. The fourth-order valence-electron chi connectivity index (χ4n) is 1.30. The molecule has 0 radical (unpaired) electrons. The smallest absolute Gasteiger partial charge is 0.0448 e. The summed E-state index contributed by atoms with van der Waals surface area (Å²) in [4.78, 5) is 0. The first kappa shape index (κ1) is 10.5. The molecule has 0 bridgehead atoms. The maximum absolute atomic E-state index is 5.92. The SMILES string of the molecule is Cc1cc(Cl)ccc1C(N)C(C)N. The van der Waals surface area contributed by atoms with Gasteiger partial charge in [-0.1, -0.05) is 17.7 Å². The van der Waals surface area contributed by atoms with E-state index in [1.807, 2.05) is 32.0 Å². The summed E-state index contributed by atoms with van der Waals surface area (Å²) in [5.41, 5.74) is 13.8. The molecule has 0 aliphatic heterocycles. The maximum atomic E-state index is 5.92. The molecule has 1 aromatic carbocycles. The van der Waals surface area contributed by atoms with Crippen LogP contribution in [0.4, 0.5) is 0 Å². The minimum absolute atomic E-state index is 0.0418. The van der Waals surface area contributed by atoms with E-state index in [4.69, 9.17) is 23.1 Å². The van der Waals surface area contributed by atoms with Crippen molar-refractivity contribution in [2.24, 2.45) is 11.5 Å². The molecule has 0 saturated carbocycles. The van der Waals surface area contributed by atoms with E-state index in [-0.39, 0.29) is 12.1 Å². The van der Waals surface area contributed by atoms with Gasteiger partial charge < -0.3 is 11.5 Å². The Morgan fingerprint density at radius 1 is 1.31 bits per heavy atom. The molecule has 4 N–H and O–H groups in total. The van der Waals surface area contributed by atoms with Crippen LogP contribution in [0.15, 0.2) is 18.2 Å². The van der Waals surface area contributed by atoms with Crippen LogP contribution in [0.5, 0.6) is 0 Å². The summed E-state index contributed by atoms with van der Waals surface area (Å²) < 4.78 is 0. The first-order chi connectivity index (χ1) is 6.02. The Morgan fingerprint density at radius 2 is 1.92 bits per heavy atom.